The summed E-state index contributed by atoms with van der Waals surface area (Å²) < 4.78 is 0. The molecule has 2 aromatic rings. The first-order valence-electron chi connectivity index (χ1n) is 8.17. The van der Waals surface area contributed by atoms with Gasteiger partial charge in [0.1, 0.15) is 0 Å². The van der Waals surface area contributed by atoms with Crippen LogP contribution in [0.3, 0.4) is 0 Å². The van der Waals surface area contributed by atoms with Crippen LogP contribution in [0.15, 0.2) is 48.5 Å². The number of amides is 2. The number of nitrogens with zero attached hydrogens (tertiary/aromatic N) is 1. The fraction of sp³-hybridized carbons (Fsp3) is 0.300. The minimum Gasteiger partial charge on any atom is -0.345 e. The molecule has 0 bridgehead atoms. The van der Waals surface area contributed by atoms with E-state index in [4.69, 9.17) is 11.6 Å². The quantitative estimate of drug-likeness (QED) is 0.860. The molecule has 0 aliphatic rings. The van der Waals surface area contributed by atoms with Gasteiger partial charge in [0.05, 0.1) is 5.92 Å². The van der Waals surface area contributed by atoms with Crippen molar-refractivity contribution >= 4 is 29.1 Å². The van der Waals surface area contributed by atoms with Gasteiger partial charge >= 0.3 is 0 Å². The van der Waals surface area contributed by atoms with Crippen LogP contribution in [-0.4, -0.2) is 30.8 Å². The molecule has 2 rings (SSSR count). The third kappa shape index (κ3) is 4.83. The van der Waals surface area contributed by atoms with Crippen LogP contribution in [-0.2, 0) is 4.79 Å². The largest absolute Gasteiger partial charge is 0.345 e. The molecule has 0 spiro atoms. The topological polar surface area (TPSA) is 49.4 Å². The van der Waals surface area contributed by atoms with Crippen LogP contribution in [0, 0.1) is 5.92 Å². The molecule has 1 N–H and O–H groups in total. The van der Waals surface area contributed by atoms with E-state index in [9.17, 15) is 9.59 Å². The number of halogens is 1. The molecule has 0 aliphatic carbocycles. The van der Waals surface area contributed by atoms with Crippen LogP contribution in [0.4, 0.5) is 5.69 Å². The second kappa shape index (κ2) is 8.17. The van der Waals surface area contributed by atoms with Crippen LogP contribution >= 0.6 is 11.6 Å². The molecule has 0 saturated heterocycles. The van der Waals surface area contributed by atoms with Gasteiger partial charge in [-0.05, 0) is 47.9 Å². The Morgan fingerprint density at radius 3 is 2.00 bits per heavy atom. The molecule has 0 unspecified atom stereocenters. The molecule has 1 atom stereocenters. The maximum absolute atomic E-state index is 12.7. The Kier molecular flexibility index (Phi) is 6.21. The smallest absolute Gasteiger partial charge is 0.253 e. The summed E-state index contributed by atoms with van der Waals surface area (Å²) in [5.41, 5.74) is 2.18. The van der Waals surface area contributed by atoms with E-state index in [2.05, 4.69) is 5.32 Å². The van der Waals surface area contributed by atoms with Gasteiger partial charge in [-0.25, -0.2) is 0 Å². The van der Waals surface area contributed by atoms with Crippen LogP contribution < -0.4 is 5.32 Å². The van der Waals surface area contributed by atoms with Gasteiger partial charge in [-0.1, -0.05) is 37.6 Å². The highest BCUT2D eigenvalue weighted by molar-refractivity contribution is 6.30. The Balaban J connectivity index is 2.16. The lowest BCUT2D eigenvalue weighted by Gasteiger charge is -2.21. The monoisotopic (exact) mass is 358 g/mol. The second-order valence-corrected chi connectivity index (χ2v) is 6.98. The van der Waals surface area contributed by atoms with Crippen LogP contribution in [0.5, 0.6) is 0 Å². The zero-order valence-corrected chi connectivity index (χ0v) is 15.7. The summed E-state index contributed by atoms with van der Waals surface area (Å²) in [4.78, 5) is 26.2. The molecule has 0 saturated carbocycles. The molecule has 4 nitrogen and oxygen atoms in total. The molecule has 0 radical (unpaired) electrons. The number of rotatable bonds is 5. The molecule has 5 heteroatoms. The Labute approximate surface area is 153 Å². The predicted octanol–water partition coefficient (Wildman–Crippen LogP) is 4.42. The number of benzene rings is 2. The molecule has 0 fully saturated rings. The van der Waals surface area contributed by atoms with Crippen molar-refractivity contribution in [1.29, 1.82) is 0 Å². The number of carbonyl (C=O) groups is 2. The van der Waals surface area contributed by atoms with Crippen molar-refractivity contribution in [2.45, 2.75) is 19.8 Å². The SMILES string of the molecule is CC(C)[C@@H](C(=O)Nc1ccc(C(=O)N(C)C)cc1)c1ccc(Cl)cc1. The number of carbonyl (C=O) groups excluding carboxylic acids is 2. The standard InChI is InChI=1S/C20H23ClN2O2/c1-13(2)18(14-5-9-16(21)10-6-14)19(24)22-17-11-7-15(8-12-17)20(25)23(3)4/h5-13,18H,1-4H3,(H,22,24)/t18-/m1/s1. The first-order valence-corrected chi connectivity index (χ1v) is 8.55. The fourth-order valence-electron chi connectivity index (χ4n) is 2.68. The summed E-state index contributed by atoms with van der Waals surface area (Å²) in [6, 6.07) is 14.3. The maximum atomic E-state index is 12.7. The first-order chi connectivity index (χ1) is 11.8. The van der Waals surface area contributed by atoms with Gasteiger partial charge in [-0.2, -0.15) is 0 Å². The van der Waals surface area contributed by atoms with Crippen molar-refractivity contribution in [3.05, 3.63) is 64.7 Å². The number of hydrogen-bond acceptors (Lipinski definition) is 2. The zero-order chi connectivity index (χ0) is 18.6. The summed E-state index contributed by atoms with van der Waals surface area (Å²) in [5.74, 6) is -0.292. The molecule has 0 aliphatic heterocycles. The highest BCUT2D eigenvalue weighted by Crippen LogP contribution is 2.27. The number of nitrogens with one attached hydrogen (secondary N) is 1. The van der Waals surface area contributed by atoms with Crippen LogP contribution in [0.1, 0.15) is 35.7 Å². The highest BCUT2D eigenvalue weighted by Gasteiger charge is 2.24. The lowest BCUT2D eigenvalue weighted by atomic mass is 9.87. The van der Waals surface area contributed by atoms with Gasteiger partial charge < -0.3 is 10.2 Å². The predicted molar refractivity (Wildman–Crippen MR) is 102 cm³/mol. The normalized spacial score (nSPS) is 11.9. The van der Waals surface area contributed by atoms with Gasteiger partial charge in [0.25, 0.3) is 5.91 Å². The maximum Gasteiger partial charge on any atom is 0.253 e. The van der Waals surface area contributed by atoms with Gasteiger partial charge in [-0.3, -0.25) is 9.59 Å². The molecule has 25 heavy (non-hydrogen) atoms. The molecule has 132 valence electrons. The summed E-state index contributed by atoms with van der Waals surface area (Å²) in [5, 5.41) is 3.58. The third-order valence-electron chi connectivity index (χ3n) is 3.98. The summed E-state index contributed by atoms with van der Waals surface area (Å²) in [6.45, 7) is 4.02. The second-order valence-electron chi connectivity index (χ2n) is 6.54. The zero-order valence-electron chi connectivity index (χ0n) is 14.9. The van der Waals surface area contributed by atoms with Crippen molar-refractivity contribution in [3.8, 4) is 0 Å². The molecule has 2 amide bonds. The Bertz CT molecular complexity index is 737. The van der Waals surface area contributed by atoms with Gasteiger partial charge in [-0.15, -0.1) is 0 Å². The molecular formula is C20H23ClN2O2. The third-order valence-corrected chi connectivity index (χ3v) is 4.24. The van der Waals surface area contributed by atoms with Gasteiger partial charge in [0, 0.05) is 30.4 Å². The van der Waals surface area contributed by atoms with Gasteiger partial charge in [0.2, 0.25) is 5.91 Å². The van der Waals surface area contributed by atoms with E-state index in [0.717, 1.165) is 5.56 Å². The van der Waals surface area contributed by atoms with Crippen LogP contribution in [0.25, 0.3) is 0 Å². The van der Waals surface area contributed by atoms with E-state index in [-0.39, 0.29) is 23.7 Å². The minimum atomic E-state index is -0.277. The van der Waals surface area contributed by atoms with E-state index in [1.54, 1.807) is 50.5 Å². The van der Waals surface area contributed by atoms with Crippen LogP contribution in [0.2, 0.25) is 5.02 Å². The summed E-state index contributed by atoms with van der Waals surface area (Å²) in [7, 11) is 3.41. The minimum absolute atomic E-state index is 0.0703. The van der Waals surface area contributed by atoms with Crippen molar-refractivity contribution < 1.29 is 9.59 Å². The van der Waals surface area contributed by atoms with E-state index >= 15 is 0 Å². The number of anilines is 1. The Morgan fingerprint density at radius 1 is 0.960 bits per heavy atom. The van der Waals surface area contributed by atoms with E-state index in [0.29, 0.717) is 16.3 Å². The highest BCUT2D eigenvalue weighted by atomic mass is 35.5. The average Bonchev–Trinajstić information content (AvgIpc) is 2.56. The van der Waals surface area contributed by atoms with Crippen molar-refractivity contribution in [3.63, 3.8) is 0 Å². The molecule has 2 aromatic carbocycles. The Hall–Kier alpha value is -2.33. The van der Waals surface area contributed by atoms with Crippen molar-refractivity contribution in [2.75, 3.05) is 19.4 Å². The lowest BCUT2D eigenvalue weighted by molar-refractivity contribution is -0.118. The lowest BCUT2D eigenvalue weighted by Crippen LogP contribution is -2.25. The van der Waals surface area contributed by atoms with E-state index in [1.165, 1.54) is 4.90 Å². The summed E-state index contributed by atoms with van der Waals surface area (Å²) in [6.07, 6.45) is 0. The Morgan fingerprint density at radius 2 is 1.52 bits per heavy atom. The summed E-state index contributed by atoms with van der Waals surface area (Å²) >= 11 is 5.94. The molecular weight excluding hydrogens is 336 g/mol. The van der Waals surface area contributed by atoms with E-state index in [1.807, 2.05) is 26.0 Å². The fourth-order valence-corrected chi connectivity index (χ4v) is 2.81. The van der Waals surface area contributed by atoms with E-state index < -0.39 is 0 Å². The molecule has 0 heterocycles. The van der Waals surface area contributed by atoms with Gasteiger partial charge in [0.15, 0.2) is 0 Å². The number of hydrogen-bond donors (Lipinski definition) is 1. The first kappa shape index (κ1) is 19.0. The van der Waals surface area contributed by atoms with Crippen molar-refractivity contribution in [2.24, 2.45) is 5.92 Å². The average molecular weight is 359 g/mol. The molecule has 0 aromatic heterocycles. The van der Waals surface area contributed by atoms with Crippen molar-refractivity contribution in [1.82, 2.24) is 4.90 Å².